The summed E-state index contributed by atoms with van der Waals surface area (Å²) in [6, 6.07) is 37.1. The van der Waals surface area contributed by atoms with Crippen LogP contribution in [0.1, 0.15) is 124 Å². The van der Waals surface area contributed by atoms with E-state index >= 15 is 0 Å². The second kappa shape index (κ2) is 24.9. The van der Waals surface area contributed by atoms with Crippen molar-refractivity contribution < 1.29 is 9.30 Å². The standard InChI is InChI=1S/C33H38NO.C16H33N/c1-27(2)35-24-16-5-3-4-15-23-34-32(29-19-11-7-12-20-29)25-31(28-17-9-6-10-18-28)26-33(34)30-21-13-8-14-22-30;1-16(2)12-8-5-3-4-6-9-13-17-14-10-7-11-15-17/h6-14,17-22,25-27H,3-5,15-16,23-24H2,1-2H3;16H,3-15H2,1-2H3/q+1;. The lowest BCUT2D eigenvalue weighted by Crippen LogP contribution is -2.39. The number of nitrogens with zero attached hydrogens (tertiary/aromatic N) is 2. The maximum Gasteiger partial charge on any atom is 0.213 e. The molecule has 3 aromatic carbocycles. The third-order valence-corrected chi connectivity index (χ3v) is 10.3. The van der Waals surface area contributed by atoms with Crippen LogP contribution in [-0.2, 0) is 11.3 Å². The predicted octanol–water partition coefficient (Wildman–Crippen LogP) is 13.2. The number of hydrogen-bond acceptors (Lipinski definition) is 2. The van der Waals surface area contributed by atoms with Crippen LogP contribution in [-0.4, -0.2) is 37.2 Å². The van der Waals surface area contributed by atoms with Crippen LogP contribution in [0.2, 0.25) is 0 Å². The third kappa shape index (κ3) is 15.8. The van der Waals surface area contributed by atoms with Gasteiger partial charge in [-0.2, -0.15) is 4.57 Å². The Bertz CT molecular complexity index is 1400. The van der Waals surface area contributed by atoms with Gasteiger partial charge in [0.05, 0.1) is 6.10 Å². The molecule has 0 atom stereocenters. The van der Waals surface area contributed by atoms with Gasteiger partial charge in [0, 0.05) is 36.3 Å². The van der Waals surface area contributed by atoms with Crippen molar-refractivity contribution in [2.75, 3.05) is 26.2 Å². The normalized spacial score (nSPS) is 13.3. The van der Waals surface area contributed by atoms with Crippen LogP contribution in [0.3, 0.4) is 0 Å². The first-order valence-corrected chi connectivity index (χ1v) is 21.1. The van der Waals surface area contributed by atoms with Crippen molar-refractivity contribution in [3.63, 3.8) is 0 Å². The molecule has 0 N–H and O–H groups in total. The van der Waals surface area contributed by atoms with Crippen LogP contribution < -0.4 is 4.57 Å². The Kier molecular flexibility index (Phi) is 19.8. The van der Waals surface area contributed by atoms with Gasteiger partial charge in [0.25, 0.3) is 0 Å². The summed E-state index contributed by atoms with van der Waals surface area (Å²) in [7, 11) is 0. The Labute approximate surface area is 318 Å². The second-order valence-electron chi connectivity index (χ2n) is 15.7. The first-order chi connectivity index (χ1) is 25.5. The molecule has 0 unspecified atom stereocenters. The summed E-state index contributed by atoms with van der Waals surface area (Å²) in [5, 5.41) is 0. The molecule has 0 aliphatic carbocycles. The minimum atomic E-state index is 0.332. The second-order valence-corrected chi connectivity index (χ2v) is 15.7. The van der Waals surface area contributed by atoms with Gasteiger partial charge in [0.1, 0.15) is 6.54 Å². The van der Waals surface area contributed by atoms with E-state index in [4.69, 9.17) is 4.74 Å². The fraction of sp³-hybridized carbons (Fsp3) is 0.531. The van der Waals surface area contributed by atoms with E-state index in [0.717, 1.165) is 25.5 Å². The molecule has 4 aromatic rings. The van der Waals surface area contributed by atoms with Crippen molar-refractivity contribution in [3.8, 4) is 33.6 Å². The van der Waals surface area contributed by atoms with Crippen LogP contribution in [0.5, 0.6) is 0 Å². The SMILES string of the molecule is CC(C)CCCCCCCCN1CCCCC1.CC(C)OCCCCCCC[n+]1c(-c2ccccc2)cc(-c2ccccc2)cc1-c1ccccc1. The average molecular weight is 704 g/mol. The minimum absolute atomic E-state index is 0.332. The Morgan fingerprint density at radius 2 is 1.00 bits per heavy atom. The Morgan fingerprint density at radius 1 is 0.519 bits per heavy atom. The summed E-state index contributed by atoms with van der Waals surface area (Å²) in [6.45, 7) is 14.9. The highest BCUT2D eigenvalue weighted by Gasteiger charge is 2.22. The van der Waals surface area contributed by atoms with E-state index in [2.05, 4.69) is 140 Å². The number of pyridine rings is 1. The first kappa shape index (κ1) is 41.5. The maximum absolute atomic E-state index is 5.69. The maximum atomic E-state index is 5.69. The van der Waals surface area contributed by atoms with Crippen LogP contribution in [0.4, 0.5) is 0 Å². The molecule has 2 heterocycles. The van der Waals surface area contributed by atoms with Gasteiger partial charge in [0.15, 0.2) is 0 Å². The molecule has 0 spiro atoms. The largest absolute Gasteiger partial charge is 0.379 e. The van der Waals surface area contributed by atoms with Gasteiger partial charge in [-0.05, 0) is 107 Å². The molecule has 3 heteroatoms. The zero-order valence-corrected chi connectivity index (χ0v) is 33.4. The Morgan fingerprint density at radius 3 is 1.54 bits per heavy atom. The van der Waals surface area contributed by atoms with Crippen molar-refractivity contribution in [3.05, 3.63) is 103 Å². The predicted molar refractivity (Wildman–Crippen MR) is 225 cm³/mol. The Hall–Kier alpha value is -3.27. The number of aromatic nitrogens is 1. The molecule has 0 bridgehead atoms. The molecule has 1 aliphatic rings. The summed E-state index contributed by atoms with van der Waals surface area (Å²) in [6.07, 6.45) is 20.9. The molecule has 1 aromatic heterocycles. The third-order valence-electron chi connectivity index (χ3n) is 10.3. The van der Waals surface area contributed by atoms with E-state index in [1.165, 1.54) is 143 Å². The average Bonchev–Trinajstić information content (AvgIpc) is 3.18. The number of rotatable bonds is 21. The van der Waals surface area contributed by atoms with Crippen molar-refractivity contribution in [1.29, 1.82) is 0 Å². The van der Waals surface area contributed by atoms with Crippen LogP contribution in [0, 0.1) is 5.92 Å². The molecule has 282 valence electrons. The monoisotopic (exact) mass is 704 g/mol. The van der Waals surface area contributed by atoms with Crippen molar-refractivity contribution >= 4 is 0 Å². The molecule has 0 amide bonds. The van der Waals surface area contributed by atoms with Crippen molar-refractivity contribution in [2.45, 2.75) is 137 Å². The van der Waals surface area contributed by atoms with Gasteiger partial charge >= 0.3 is 0 Å². The molecular weight excluding hydrogens is 633 g/mol. The molecule has 3 nitrogen and oxygen atoms in total. The van der Waals surface area contributed by atoms with Crippen molar-refractivity contribution in [2.24, 2.45) is 5.92 Å². The molecule has 52 heavy (non-hydrogen) atoms. The fourth-order valence-corrected chi connectivity index (χ4v) is 7.36. The number of benzene rings is 3. The lowest BCUT2D eigenvalue weighted by molar-refractivity contribution is -0.675. The molecule has 5 rings (SSSR count). The van der Waals surface area contributed by atoms with Gasteiger partial charge in [-0.1, -0.05) is 138 Å². The van der Waals surface area contributed by atoms with E-state index in [1.54, 1.807) is 0 Å². The summed E-state index contributed by atoms with van der Waals surface area (Å²) in [5.74, 6) is 0.897. The van der Waals surface area contributed by atoms with E-state index < -0.39 is 0 Å². The minimum Gasteiger partial charge on any atom is -0.379 e. The van der Waals surface area contributed by atoms with Gasteiger partial charge < -0.3 is 9.64 Å². The summed E-state index contributed by atoms with van der Waals surface area (Å²) in [5.41, 5.74) is 7.57. The molecule has 0 saturated carbocycles. The zero-order valence-electron chi connectivity index (χ0n) is 33.4. The van der Waals surface area contributed by atoms with Gasteiger partial charge in [-0.25, -0.2) is 0 Å². The quantitative estimate of drug-likeness (QED) is 0.0634. The first-order valence-electron chi connectivity index (χ1n) is 21.1. The smallest absolute Gasteiger partial charge is 0.213 e. The number of hydrogen-bond donors (Lipinski definition) is 0. The number of piperidine rings is 1. The van der Waals surface area contributed by atoms with Crippen LogP contribution in [0.25, 0.3) is 33.6 Å². The van der Waals surface area contributed by atoms with E-state index in [0.29, 0.717) is 6.10 Å². The zero-order chi connectivity index (χ0) is 36.6. The Balaban J connectivity index is 0.000000299. The molecular formula is C49H71N2O+. The van der Waals surface area contributed by atoms with Gasteiger partial charge in [0.2, 0.25) is 11.4 Å². The van der Waals surface area contributed by atoms with Crippen molar-refractivity contribution in [1.82, 2.24) is 4.90 Å². The summed E-state index contributed by atoms with van der Waals surface area (Å²) >= 11 is 0. The highest BCUT2D eigenvalue weighted by atomic mass is 16.5. The molecule has 0 radical (unpaired) electrons. The molecule has 1 saturated heterocycles. The van der Waals surface area contributed by atoms with E-state index in [1.807, 2.05) is 0 Å². The number of ether oxygens (including phenoxy) is 1. The number of likely N-dealkylation sites (tertiary alicyclic amines) is 1. The van der Waals surface area contributed by atoms with Gasteiger partial charge in [-0.15, -0.1) is 0 Å². The highest BCUT2D eigenvalue weighted by molar-refractivity contribution is 5.73. The van der Waals surface area contributed by atoms with E-state index in [9.17, 15) is 0 Å². The lowest BCUT2D eigenvalue weighted by atomic mass is 9.98. The van der Waals surface area contributed by atoms with Crippen LogP contribution >= 0.6 is 0 Å². The van der Waals surface area contributed by atoms with Crippen LogP contribution in [0.15, 0.2) is 103 Å². The van der Waals surface area contributed by atoms with Gasteiger partial charge in [-0.3, -0.25) is 0 Å². The molecule has 1 fully saturated rings. The topological polar surface area (TPSA) is 16.4 Å². The summed E-state index contributed by atoms with van der Waals surface area (Å²) in [4.78, 5) is 2.67. The van der Waals surface area contributed by atoms with E-state index in [-0.39, 0.29) is 0 Å². The lowest BCUT2D eigenvalue weighted by Gasteiger charge is -2.26. The molecule has 1 aliphatic heterocycles. The summed E-state index contributed by atoms with van der Waals surface area (Å²) < 4.78 is 8.22. The fourth-order valence-electron chi connectivity index (χ4n) is 7.36. The highest BCUT2D eigenvalue weighted by Crippen LogP contribution is 2.29. The number of unbranched alkanes of at least 4 members (excludes halogenated alkanes) is 9.